The second-order valence-corrected chi connectivity index (χ2v) is 12.1. The molecular weight excluding hydrogens is 599 g/mol. The summed E-state index contributed by atoms with van der Waals surface area (Å²) in [5.41, 5.74) is 11.2. The lowest BCUT2D eigenvalue weighted by Gasteiger charge is -2.13. The van der Waals surface area contributed by atoms with Crippen molar-refractivity contribution < 1.29 is 4.42 Å². The Labute approximate surface area is 284 Å². The van der Waals surface area contributed by atoms with Crippen LogP contribution in [0.2, 0.25) is 0 Å². The van der Waals surface area contributed by atoms with Gasteiger partial charge < -0.3 is 4.42 Å². The summed E-state index contributed by atoms with van der Waals surface area (Å²) in [6, 6.07) is 60.6. The number of furan rings is 1. The number of hydrogen-bond donors (Lipinski definition) is 0. The highest BCUT2D eigenvalue weighted by molar-refractivity contribution is 6.11. The predicted molar refractivity (Wildman–Crippen MR) is 200 cm³/mol. The Balaban J connectivity index is 1.25. The molecule has 2 heterocycles. The van der Waals surface area contributed by atoms with Gasteiger partial charge in [-0.3, -0.25) is 0 Å². The lowest BCUT2D eigenvalue weighted by atomic mass is 9.94. The fraction of sp³-hybridized carbons (Fsp3) is 0. The zero-order chi connectivity index (χ0) is 32.6. The Bertz CT molecular complexity index is 2580. The topological polar surface area (TPSA) is 51.8 Å². The van der Waals surface area contributed by atoms with Gasteiger partial charge >= 0.3 is 0 Å². The third kappa shape index (κ3) is 5.45. The van der Waals surface area contributed by atoms with E-state index in [0.717, 1.165) is 60.9 Å². The molecule has 0 spiro atoms. The summed E-state index contributed by atoms with van der Waals surface area (Å²) in [6.45, 7) is 0. The monoisotopic (exact) mass is 627 g/mol. The van der Waals surface area contributed by atoms with Crippen LogP contribution in [0, 0.1) is 0 Å². The van der Waals surface area contributed by atoms with Gasteiger partial charge in [0.25, 0.3) is 0 Å². The minimum absolute atomic E-state index is 0.597. The van der Waals surface area contributed by atoms with Crippen LogP contribution >= 0.6 is 0 Å². The van der Waals surface area contributed by atoms with Crippen molar-refractivity contribution >= 4 is 21.9 Å². The summed E-state index contributed by atoms with van der Waals surface area (Å²) in [5, 5.41) is 2.02. The average molecular weight is 628 g/mol. The Hall–Kier alpha value is -6.65. The molecule has 0 N–H and O–H groups in total. The van der Waals surface area contributed by atoms with Crippen molar-refractivity contribution in [3.05, 3.63) is 176 Å². The molecule has 0 radical (unpaired) electrons. The first-order chi connectivity index (χ1) is 24.3. The first-order valence-corrected chi connectivity index (χ1v) is 16.4. The summed E-state index contributed by atoms with van der Waals surface area (Å²) in [4.78, 5) is 15.4. The first kappa shape index (κ1) is 28.6. The molecule has 0 amide bonds. The molecule has 7 aromatic carbocycles. The number of rotatable bonds is 6. The third-order valence-corrected chi connectivity index (χ3v) is 8.93. The van der Waals surface area contributed by atoms with Crippen LogP contribution in [0.15, 0.2) is 180 Å². The number of hydrogen-bond acceptors (Lipinski definition) is 4. The van der Waals surface area contributed by atoms with Crippen molar-refractivity contribution in [3.8, 4) is 67.5 Å². The van der Waals surface area contributed by atoms with Gasteiger partial charge in [0.15, 0.2) is 17.5 Å². The summed E-state index contributed by atoms with van der Waals surface area (Å²) in [7, 11) is 0. The smallest absolute Gasteiger partial charge is 0.164 e. The Morgan fingerprint density at radius 3 is 1.41 bits per heavy atom. The largest absolute Gasteiger partial charge is 0.456 e. The maximum Gasteiger partial charge on any atom is 0.164 e. The van der Waals surface area contributed by atoms with Crippen molar-refractivity contribution in [1.82, 2.24) is 15.0 Å². The second-order valence-electron chi connectivity index (χ2n) is 12.1. The normalized spacial score (nSPS) is 11.3. The molecule has 2 aromatic heterocycles. The average Bonchev–Trinajstić information content (AvgIpc) is 3.58. The fourth-order valence-electron chi connectivity index (χ4n) is 6.51. The summed E-state index contributed by atoms with van der Waals surface area (Å²) in [6.07, 6.45) is 0. The minimum Gasteiger partial charge on any atom is -0.456 e. The van der Waals surface area contributed by atoms with E-state index in [1.807, 2.05) is 72.8 Å². The van der Waals surface area contributed by atoms with E-state index in [1.54, 1.807) is 0 Å². The van der Waals surface area contributed by atoms with Crippen molar-refractivity contribution in [2.75, 3.05) is 0 Å². The highest BCUT2D eigenvalue weighted by Crippen LogP contribution is 2.38. The van der Waals surface area contributed by atoms with Crippen LogP contribution in [0.5, 0.6) is 0 Å². The Kier molecular flexibility index (Phi) is 7.10. The minimum atomic E-state index is 0.597. The molecule has 0 saturated carbocycles. The first-order valence-electron chi connectivity index (χ1n) is 16.4. The van der Waals surface area contributed by atoms with Crippen molar-refractivity contribution in [1.29, 1.82) is 0 Å². The zero-order valence-electron chi connectivity index (χ0n) is 26.5. The molecule has 0 aliphatic carbocycles. The molecule has 9 aromatic rings. The highest BCUT2D eigenvalue weighted by Gasteiger charge is 2.18. The van der Waals surface area contributed by atoms with Crippen molar-refractivity contribution in [2.45, 2.75) is 0 Å². The molecule has 9 rings (SSSR count). The molecule has 0 saturated heterocycles. The van der Waals surface area contributed by atoms with E-state index in [1.165, 1.54) is 11.1 Å². The summed E-state index contributed by atoms with van der Waals surface area (Å²) < 4.78 is 6.24. The van der Waals surface area contributed by atoms with Gasteiger partial charge in [0.05, 0.1) is 0 Å². The molecule has 0 aliphatic heterocycles. The molecule has 4 nitrogen and oxygen atoms in total. The molecule has 230 valence electrons. The van der Waals surface area contributed by atoms with E-state index in [-0.39, 0.29) is 0 Å². The maximum absolute atomic E-state index is 6.24. The van der Waals surface area contributed by atoms with Gasteiger partial charge in [-0.25, -0.2) is 15.0 Å². The zero-order valence-corrected chi connectivity index (χ0v) is 26.5. The maximum atomic E-state index is 6.24. The van der Waals surface area contributed by atoms with Gasteiger partial charge in [-0.2, -0.15) is 0 Å². The van der Waals surface area contributed by atoms with Crippen LogP contribution in [0.4, 0.5) is 0 Å². The number of aromatic nitrogens is 3. The second kappa shape index (κ2) is 12.2. The fourth-order valence-corrected chi connectivity index (χ4v) is 6.51. The summed E-state index contributed by atoms with van der Waals surface area (Å²) >= 11 is 0. The number of benzene rings is 7. The molecule has 0 aliphatic rings. The summed E-state index contributed by atoms with van der Waals surface area (Å²) in [5.74, 6) is 1.82. The quantitative estimate of drug-likeness (QED) is 0.184. The van der Waals surface area contributed by atoms with Crippen LogP contribution < -0.4 is 0 Å². The third-order valence-electron chi connectivity index (χ3n) is 8.93. The van der Waals surface area contributed by atoms with Crippen LogP contribution in [-0.2, 0) is 0 Å². The van der Waals surface area contributed by atoms with Crippen molar-refractivity contribution in [2.24, 2.45) is 0 Å². The van der Waals surface area contributed by atoms with Crippen LogP contribution in [0.1, 0.15) is 0 Å². The van der Waals surface area contributed by atoms with E-state index in [0.29, 0.717) is 17.5 Å². The lowest BCUT2D eigenvalue weighted by Crippen LogP contribution is -2.01. The molecule has 0 fully saturated rings. The molecule has 49 heavy (non-hydrogen) atoms. The Morgan fingerprint density at radius 2 is 0.755 bits per heavy atom. The van der Waals surface area contributed by atoms with Gasteiger partial charge in [0, 0.05) is 27.5 Å². The van der Waals surface area contributed by atoms with E-state index in [4.69, 9.17) is 19.4 Å². The van der Waals surface area contributed by atoms with Crippen molar-refractivity contribution in [3.63, 3.8) is 0 Å². The predicted octanol–water partition coefficient (Wildman–Crippen LogP) is 11.8. The van der Waals surface area contributed by atoms with Gasteiger partial charge in [-0.15, -0.1) is 0 Å². The van der Waals surface area contributed by atoms with Gasteiger partial charge in [-0.1, -0.05) is 146 Å². The molecule has 4 heteroatoms. The number of nitrogens with zero attached hydrogens (tertiary/aromatic N) is 3. The van der Waals surface area contributed by atoms with Crippen LogP contribution in [0.3, 0.4) is 0 Å². The van der Waals surface area contributed by atoms with Gasteiger partial charge in [0.1, 0.15) is 11.2 Å². The standard InChI is InChI=1S/C45H29N3O/c1-4-13-30(14-5-1)32-23-25-33(26-24-32)36-27-35(31-15-6-2-7-16-31)28-37(29-36)44-46-43(34-17-8-3-9-18-34)47-45(48-44)39-20-12-22-41-42(39)38-19-10-11-21-40(38)49-41/h1-29H. The highest BCUT2D eigenvalue weighted by atomic mass is 16.3. The van der Waals surface area contributed by atoms with Crippen LogP contribution in [-0.4, -0.2) is 15.0 Å². The van der Waals surface area contributed by atoms with E-state index >= 15 is 0 Å². The van der Waals surface area contributed by atoms with Gasteiger partial charge in [-0.05, 0) is 63.7 Å². The Morgan fingerprint density at radius 1 is 0.306 bits per heavy atom. The molecule has 0 bridgehead atoms. The van der Waals surface area contributed by atoms with Gasteiger partial charge in [0.2, 0.25) is 0 Å². The van der Waals surface area contributed by atoms with E-state index < -0.39 is 0 Å². The number of fused-ring (bicyclic) bond motifs is 3. The van der Waals surface area contributed by atoms with E-state index in [9.17, 15) is 0 Å². The molecular formula is C45H29N3O. The number of para-hydroxylation sites is 1. The molecule has 0 atom stereocenters. The molecule has 0 unspecified atom stereocenters. The van der Waals surface area contributed by atoms with Crippen LogP contribution in [0.25, 0.3) is 89.5 Å². The lowest BCUT2D eigenvalue weighted by molar-refractivity contribution is 0.669. The van der Waals surface area contributed by atoms with E-state index in [2.05, 4.69) is 103 Å². The SMILES string of the molecule is c1ccc(-c2ccc(-c3cc(-c4ccccc4)cc(-c4nc(-c5ccccc5)nc(-c5cccc6oc7ccccc7c56)n4)c3)cc2)cc1.